The van der Waals surface area contributed by atoms with Crippen LogP contribution in [0.3, 0.4) is 0 Å². The Morgan fingerprint density at radius 3 is 2.94 bits per heavy atom. The number of nitrogens with one attached hydrogen (secondary N) is 3. The molecule has 2 aromatic rings. The van der Waals surface area contributed by atoms with Gasteiger partial charge in [0.15, 0.2) is 0 Å². The summed E-state index contributed by atoms with van der Waals surface area (Å²) in [4.78, 5) is 6.49. The van der Waals surface area contributed by atoms with Crippen LogP contribution >= 0.6 is 0 Å². The zero-order valence-electron chi connectivity index (χ0n) is 17.2. The van der Waals surface area contributed by atoms with Crippen molar-refractivity contribution in [3.8, 4) is 5.75 Å². The molecule has 0 amide bonds. The molecule has 9 nitrogen and oxygen atoms in total. The van der Waals surface area contributed by atoms with Gasteiger partial charge in [-0.3, -0.25) is 4.72 Å². The normalized spacial score (nSPS) is 18.7. The van der Waals surface area contributed by atoms with Gasteiger partial charge in [0, 0.05) is 30.9 Å². The number of benzene rings is 2. The van der Waals surface area contributed by atoms with Gasteiger partial charge in [0.25, 0.3) is 10.0 Å². The summed E-state index contributed by atoms with van der Waals surface area (Å²) < 4.78 is 34.4. The Morgan fingerprint density at radius 2 is 2.10 bits per heavy atom. The summed E-state index contributed by atoms with van der Waals surface area (Å²) in [6.45, 7) is 2.84. The van der Waals surface area contributed by atoms with E-state index in [1.54, 1.807) is 24.3 Å². The first-order chi connectivity index (χ1) is 15.0. The average molecular weight is 441 g/mol. The van der Waals surface area contributed by atoms with Crippen LogP contribution in [0.4, 0.5) is 11.4 Å². The SMILES string of the molecule is CN1CCOc2cc(S(=O)(=O)Nc3ccc4c(c3)C(=NNC3=NCCN3)CC4)ccc21. The van der Waals surface area contributed by atoms with Crippen molar-refractivity contribution in [3.63, 3.8) is 0 Å². The maximum absolute atomic E-state index is 13.0. The largest absolute Gasteiger partial charge is 0.490 e. The summed E-state index contributed by atoms with van der Waals surface area (Å²) in [5.74, 6) is 1.24. The van der Waals surface area contributed by atoms with Crippen LogP contribution in [0.1, 0.15) is 17.5 Å². The van der Waals surface area contributed by atoms with Crippen LogP contribution in [0.2, 0.25) is 0 Å². The molecule has 2 aromatic carbocycles. The van der Waals surface area contributed by atoms with Crippen molar-refractivity contribution in [2.24, 2.45) is 10.1 Å². The van der Waals surface area contributed by atoms with E-state index in [1.165, 1.54) is 0 Å². The molecule has 162 valence electrons. The lowest BCUT2D eigenvalue weighted by Gasteiger charge is -2.27. The predicted molar refractivity (Wildman–Crippen MR) is 121 cm³/mol. The number of anilines is 2. The fourth-order valence-corrected chi connectivity index (χ4v) is 5.01. The first-order valence-corrected chi connectivity index (χ1v) is 11.7. The molecule has 0 unspecified atom stereocenters. The second-order valence-corrected chi connectivity index (χ2v) is 9.39. The molecule has 0 radical (unpaired) electrons. The molecule has 2 aliphatic heterocycles. The highest BCUT2D eigenvalue weighted by molar-refractivity contribution is 7.92. The standard InChI is InChI=1S/C21H24N6O3S/c1-27-10-11-30-20-13-16(5-7-19(20)27)31(28,29)26-15-4-2-14-3-6-18(17(14)12-15)24-25-21-22-8-9-23-21/h2,4-5,7,12-13,26H,3,6,8-11H2,1H3,(H2,22,23,25). The minimum Gasteiger partial charge on any atom is -0.490 e. The number of hydrazone groups is 1. The molecular weight excluding hydrogens is 416 g/mol. The highest BCUT2D eigenvalue weighted by Gasteiger charge is 2.23. The van der Waals surface area contributed by atoms with Crippen LogP contribution in [0, 0.1) is 0 Å². The van der Waals surface area contributed by atoms with Crippen LogP contribution < -0.4 is 25.1 Å². The zero-order chi connectivity index (χ0) is 21.4. The summed E-state index contributed by atoms with van der Waals surface area (Å²) in [5.41, 5.74) is 7.33. The molecule has 0 atom stereocenters. The average Bonchev–Trinajstić information content (AvgIpc) is 3.41. The summed E-state index contributed by atoms with van der Waals surface area (Å²) in [7, 11) is -1.80. The molecule has 0 fully saturated rings. The van der Waals surface area contributed by atoms with Gasteiger partial charge >= 0.3 is 0 Å². The number of ether oxygens (including phenoxy) is 1. The molecule has 0 aromatic heterocycles. The van der Waals surface area contributed by atoms with Gasteiger partial charge in [-0.25, -0.2) is 18.8 Å². The second-order valence-electron chi connectivity index (χ2n) is 7.70. The van der Waals surface area contributed by atoms with Crippen molar-refractivity contribution >= 4 is 33.1 Å². The van der Waals surface area contributed by atoms with Crippen LogP contribution in [-0.4, -0.2) is 53.4 Å². The summed E-state index contributed by atoms with van der Waals surface area (Å²) in [6, 6.07) is 10.5. The van der Waals surface area contributed by atoms with E-state index < -0.39 is 10.0 Å². The summed E-state index contributed by atoms with van der Waals surface area (Å²) in [6.07, 6.45) is 1.67. The maximum Gasteiger partial charge on any atom is 0.262 e. The molecule has 0 bridgehead atoms. The van der Waals surface area contributed by atoms with E-state index in [4.69, 9.17) is 4.74 Å². The van der Waals surface area contributed by atoms with Crippen LogP contribution in [0.25, 0.3) is 0 Å². The molecule has 5 rings (SSSR count). The Bertz CT molecular complexity index is 1190. The number of aryl methyl sites for hydroxylation is 1. The minimum atomic E-state index is -3.76. The quantitative estimate of drug-likeness (QED) is 0.623. The fourth-order valence-electron chi connectivity index (χ4n) is 3.94. The van der Waals surface area contributed by atoms with Crippen LogP contribution in [0.15, 0.2) is 51.4 Å². The van der Waals surface area contributed by atoms with E-state index >= 15 is 0 Å². The topological polar surface area (TPSA) is 107 Å². The molecule has 2 heterocycles. The van der Waals surface area contributed by atoms with Gasteiger partial charge in [0.1, 0.15) is 12.4 Å². The number of likely N-dealkylation sites (N-methyl/N-ethyl adjacent to an activating group) is 1. The molecule has 31 heavy (non-hydrogen) atoms. The Hall–Kier alpha value is -3.27. The third-order valence-electron chi connectivity index (χ3n) is 5.61. The molecule has 0 saturated heterocycles. The van der Waals surface area contributed by atoms with Crippen molar-refractivity contribution in [1.29, 1.82) is 0 Å². The zero-order valence-corrected chi connectivity index (χ0v) is 18.0. The van der Waals surface area contributed by atoms with Crippen molar-refractivity contribution < 1.29 is 13.2 Å². The van der Waals surface area contributed by atoms with Gasteiger partial charge in [-0.2, -0.15) is 5.10 Å². The molecule has 3 N–H and O–H groups in total. The monoisotopic (exact) mass is 440 g/mol. The molecule has 0 spiro atoms. The van der Waals surface area contributed by atoms with Gasteiger partial charge in [0.05, 0.1) is 29.4 Å². The first kappa shape index (κ1) is 19.7. The van der Waals surface area contributed by atoms with E-state index in [0.717, 1.165) is 55.0 Å². The molecule has 0 saturated carbocycles. The fraction of sp³-hybridized carbons (Fsp3) is 0.333. The lowest BCUT2D eigenvalue weighted by atomic mass is 10.1. The Labute approximate surface area is 181 Å². The molecule has 1 aliphatic carbocycles. The van der Waals surface area contributed by atoms with Gasteiger partial charge in [-0.05, 0) is 42.7 Å². The predicted octanol–water partition coefficient (Wildman–Crippen LogP) is 1.52. The number of nitrogens with zero attached hydrogens (tertiary/aromatic N) is 3. The number of hydrogen-bond donors (Lipinski definition) is 3. The summed E-state index contributed by atoms with van der Waals surface area (Å²) in [5, 5.41) is 7.59. The lowest BCUT2D eigenvalue weighted by molar-refractivity contribution is 0.310. The first-order valence-electron chi connectivity index (χ1n) is 10.2. The Balaban J connectivity index is 1.38. The smallest absolute Gasteiger partial charge is 0.262 e. The van der Waals surface area contributed by atoms with Crippen molar-refractivity contribution in [1.82, 2.24) is 10.7 Å². The summed E-state index contributed by atoms with van der Waals surface area (Å²) >= 11 is 0. The Morgan fingerprint density at radius 1 is 1.19 bits per heavy atom. The molecular formula is C21H24N6O3S. The van der Waals surface area contributed by atoms with Crippen molar-refractivity contribution in [2.45, 2.75) is 17.7 Å². The van der Waals surface area contributed by atoms with Crippen LogP contribution in [0.5, 0.6) is 5.75 Å². The number of rotatable bonds is 4. The third kappa shape index (κ3) is 3.90. The van der Waals surface area contributed by atoms with E-state index in [1.807, 2.05) is 24.1 Å². The van der Waals surface area contributed by atoms with Gasteiger partial charge < -0.3 is 15.0 Å². The molecule has 10 heteroatoms. The van der Waals surface area contributed by atoms with E-state index in [-0.39, 0.29) is 4.90 Å². The number of sulfonamides is 1. The van der Waals surface area contributed by atoms with Gasteiger partial charge in [0.2, 0.25) is 5.96 Å². The van der Waals surface area contributed by atoms with Gasteiger partial charge in [-0.1, -0.05) is 6.07 Å². The third-order valence-corrected chi connectivity index (χ3v) is 6.99. The number of guanidine groups is 1. The maximum atomic E-state index is 13.0. The lowest BCUT2D eigenvalue weighted by Crippen LogP contribution is -2.30. The highest BCUT2D eigenvalue weighted by atomic mass is 32.2. The van der Waals surface area contributed by atoms with E-state index in [9.17, 15) is 8.42 Å². The highest BCUT2D eigenvalue weighted by Crippen LogP contribution is 2.33. The number of fused-ring (bicyclic) bond motifs is 2. The van der Waals surface area contributed by atoms with Crippen molar-refractivity contribution in [2.75, 3.05) is 42.9 Å². The van der Waals surface area contributed by atoms with E-state index in [2.05, 4.69) is 25.6 Å². The Kier molecular flexibility index (Phi) is 4.93. The minimum absolute atomic E-state index is 0.169. The second kappa shape index (κ2) is 7.77. The van der Waals surface area contributed by atoms with Crippen LogP contribution in [-0.2, 0) is 16.4 Å². The number of hydrogen-bond acceptors (Lipinski definition) is 8. The van der Waals surface area contributed by atoms with E-state index in [0.29, 0.717) is 24.0 Å². The number of aliphatic imine (C=N–C) groups is 1. The van der Waals surface area contributed by atoms with Gasteiger partial charge in [-0.15, -0.1) is 0 Å². The van der Waals surface area contributed by atoms with Crippen molar-refractivity contribution in [3.05, 3.63) is 47.5 Å². The molecule has 3 aliphatic rings.